The Balaban J connectivity index is 0.000000221. The van der Waals surface area contributed by atoms with Crippen LogP contribution >= 0.6 is 14.7 Å². The molecule has 4 aromatic heterocycles. The van der Waals surface area contributed by atoms with Crippen molar-refractivity contribution in [2.24, 2.45) is 0 Å². The van der Waals surface area contributed by atoms with Crippen molar-refractivity contribution >= 4 is 48.7 Å². The minimum atomic E-state index is -3.19. The largest absolute Gasteiger partial charge is 0.461 e. The summed E-state index contributed by atoms with van der Waals surface area (Å²) in [4.78, 5) is 56.6. The van der Waals surface area contributed by atoms with Crippen molar-refractivity contribution in [1.29, 1.82) is 0 Å². The average molecular weight is 843 g/mol. The van der Waals surface area contributed by atoms with Crippen LogP contribution in [0.3, 0.4) is 0 Å². The van der Waals surface area contributed by atoms with Crippen molar-refractivity contribution in [3.05, 3.63) is 91.8 Å². The van der Waals surface area contributed by atoms with Gasteiger partial charge in [-0.25, -0.2) is 9.59 Å². The van der Waals surface area contributed by atoms with Crippen LogP contribution in [0.1, 0.15) is 29.2 Å². The molecule has 7 N–H and O–H groups in total. The smallest absolute Gasteiger partial charge is 0.328 e. The number of H-pyrrole nitrogens is 2. The van der Waals surface area contributed by atoms with Crippen molar-refractivity contribution in [3.63, 3.8) is 0 Å². The fraction of sp³-hybridized carbons (Fsp3) is 0.389. The summed E-state index contributed by atoms with van der Waals surface area (Å²) in [7, 11) is -2.80. The van der Waals surface area contributed by atoms with Crippen LogP contribution in [0.25, 0.3) is 22.3 Å². The van der Waals surface area contributed by atoms with E-state index in [1.807, 2.05) is 37.3 Å². The summed E-state index contributed by atoms with van der Waals surface area (Å²) >= 11 is 0. The zero-order valence-corrected chi connectivity index (χ0v) is 34.6. The van der Waals surface area contributed by atoms with E-state index in [4.69, 9.17) is 34.9 Å². The highest BCUT2D eigenvalue weighted by molar-refractivity contribution is 7.57. The standard InChI is InChI=1S/C19H26N5O5P.C17H22N5O5P/c1-4-29-30(3,26)12-14-7-5-6-13(10-14)11-24-17-15(21-19(24)25)16(20)22-18(23-17)28-9-8-27-2;1-26-6-7-27-16-20-14(18)13-15(21-16)22(17(23)19-13)9-11-4-3-5-12(8-11)10-28(2,24)25/h5-7,10H,4,8-9,11-12H2,1-3H3,(H,21,25)(H2,20,22,23);3-5,8H,6-7,9-10H2,1-2H3,(H,19,23)(H,24,25)(H2,18,20,21). The maximum absolute atomic E-state index is 12.5. The number of imidazole rings is 2. The van der Waals surface area contributed by atoms with E-state index in [1.165, 1.54) is 15.8 Å². The molecule has 4 heterocycles. The number of nitrogen functional groups attached to an aromatic ring is 2. The molecule has 2 atom stereocenters. The molecule has 0 amide bonds. The Kier molecular flexibility index (Phi) is 14.6. The number of methoxy groups -OCH3 is 2. The number of nitrogens with two attached hydrogens (primary N) is 2. The van der Waals surface area contributed by atoms with Crippen LogP contribution in [0.15, 0.2) is 58.1 Å². The zero-order valence-electron chi connectivity index (χ0n) is 32.8. The van der Waals surface area contributed by atoms with E-state index < -0.39 is 20.4 Å². The molecule has 20 nitrogen and oxygen atoms in total. The Morgan fingerprint density at radius 1 is 0.690 bits per heavy atom. The van der Waals surface area contributed by atoms with Gasteiger partial charge in [-0.2, -0.15) is 19.9 Å². The van der Waals surface area contributed by atoms with E-state index in [9.17, 15) is 23.6 Å². The lowest BCUT2D eigenvalue weighted by Crippen LogP contribution is -2.18. The normalized spacial score (nSPS) is 13.5. The van der Waals surface area contributed by atoms with Gasteiger partial charge >= 0.3 is 23.4 Å². The number of rotatable bonds is 18. The third kappa shape index (κ3) is 11.8. The van der Waals surface area contributed by atoms with E-state index in [-0.39, 0.29) is 61.8 Å². The summed E-state index contributed by atoms with van der Waals surface area (Å²) < 4.78 is 53.1. The summed E-state index contributed by atoms with van der Waals surface area (Å²) in [6.07, 6.45) is 0.389. The van der Waals surface area contributed by atoms with Gasteiger partial charge in [0.15, 0.2) is 22.9 Å². The van der Waals surface area contributed by atoms with E-state index in [0.29, 0.717) is 48.3 Å². The Labute approximate surface area is 332 Å². The van der Waals surface area contributed by atoms with Crippen molar-refractivity contribution < 1.29 is 37.5 Å². The zero-order chi connectivity index (χ0) is 42.0. The molecule has 0 fully saturated rings. The van der Waals surface area contributed by atoms with Gasteiger partial charge in [-0.05, 0) is 29.2 Å². The summed E-state index contributed by atoms with van der Waals surface area (Å²) in [5.41, 5.74) is 15.7. The first-order valence-corrected chi connectivity index (χ1v) is 22.6. The number of fused-ring (bicyclic) bond motifs is 2. The Bertz CT molecular complexity index is 2560. The monoisotopic (exact) mass is 842 g/mol. The van der Waals surface area contributed by atoms with E-state index >= 15 is 0 Å². The fourth-order valence-electron chi connectivity index (χ4n) is 5.92. The molecular weight excluding hydrogens is 794 g/mol. The minimum Gasteiger partial charge on any atom is -0.461 e. The summed E-state index contributed by atoms with van der Waals surface area (Å²) in [5.74, 6) is 0.231. The molecule has 0 radical (unpaired) electrons. The third-order valence-corrected chi connectivity index (χ3v) is 11.0. The molecule has 0 bridgehead atoms. The molecule has 0 aliphatic heterocycles. The fourth-order valence-corrected chi connectivity index (χ4v) is 8.30. The molecular formula is C36H48N10O10P2. The highest BCUT2D eigenvalue weighted by atomic mass is 31.2. The van der Waals surface area contributed by atoms with Gasteiger partial charge in [0.1, 0.15) is 24.2 Å². The van der Waals surface area contributed by atoms with E-state index in [0.717, 1.165) is 22.3 Å². The quantitative estimate of drug-likeness (QED) is 0.0612. The van der Waals surface area contributed by atoms with Crippen LogP contribution in [0.2, 0.25) is 0 Å². The molecule has 0 saturated carbocycles. The maximum atomic E-state index is 12.5. The van der Waals surface area contributed by atoms with Gasteiger partial charge in [-0.1, -0.05) is 48.5 Å². The lowest BCUT2D eigenvalue weighted by Gasteiger charge is -2.13. The first-order chi connectivity index (χ1) is 27.6. The second kappa shape index (κ2) is 19.4. The first kappa shape index (κ1) is 43.8. The van der Waals surface area contributed by atoms with Crippen molar-refractivity contribution in [2.75, 3.05) is 72.1 Å². The van der Waals surface area contributed by atoms with Crippen molar-refractivity contribution in [3.8, 4) is 12.0 Å². The van der Waals surface area contributed by atoms with Crippen LogP contribution in [-0.2, 0) is 48.5 Å². The number of aromatic nitrogens is 8. The molecule has 58 heavy (non-hydrogen) atoms. The lowest BCUT2D eigenvalue weighted by molar-refractivity contribution is 0.141. The van der Waals surface area contributed by atoms with Gasteiger partial charge in [-0.15, -0.1) is 0 Å². The molecule has 0 aliphatic carbocycles. The molecule has 0 aliphatic rings. The summed E-state index contributed by atoms with van der Waals surface area (Å²) in [6, 6.07) is 14.8. The topological polar surface area (TPSA) is 280 Å². The highest BCUT2D eigenvalue weighted by Crippen LogP contribution is 2.46. The number of anilines is 2. The summed E-state index contributed by atoms with van der Waals surface area (Å²) in [6.45, 7) is 6.85. The van der Waals surface area contributed by atoms with Gasteiger partial charge in [0.05, 0.1) is 32.9 Å². The van der Waals surface area contributed by atoms with E-state index in [2.05, 4.69) is 29.9 Å². The van der Waals surface area contributed by atoms with E-state index in [1.54, 1.807) is 39.1 Å². The van der Waals surface area contributed by atoms with Crippen molar-refractivity contribution in [2.45, 2.75) is 32.3 Å². The number of nitrogens with zero attached hydrogens (tertiary/aromatic N) is 6. The second-order valence-electron chi connectivity index (χ2n) is 13.3. The van der Waals surface area contributed by atoms with Gasteiger partial charge < -0.3 is 49.8 Å². The molecule has 6 rings (SSSR count). The predicted octanol–water partition coefficient (Wildman–Crippen LogP) is 3.40. The number of hydrogen-bond donors (Lipinski definition) is 5. The maximum Gasteiger partial charge on any atom is 0.328 e. The lowest BCUT2D eigenvalue weighted by atomic mass is 10.1. The SMILES string of the molecule is CCOP(C)(=O)Cc1cccc(Cn2c(=O)[nH]c3c(N)nc(OCCOC)nc32)c1.COCCOc1nc(N)c2[nH]c(=O)n(Cc3cccc(CP(C)(=O)O)c3)c2n1. The molecule has 312 valence electrons. The number of ether oxygens (including phenoxy) is 4. The van der Waals surface area contributed by atoms with Crippen LogP contribution in [0.5, 0.6) is 12.0 Å². The molecule has 6 aromatic rings. The average Bonchev–Trinajstić information content (AvgIpc) is 3.63. The Morgan fingerprint density at radius 2 is 1.12 bits per heavy atom. The molecule has 0 spiro atoms. The van der Waals surface area contributed by atoms with Crippen LogP contribution < -0.4 is 32.3 Å². The van der Waals surface area contributed by atoms with Gasteiger partial charge in [0, 0.05) is 39.9 Å². The number of hydrogen-bond acceptors (Lipinski definition) is 15. The second-order valence-corrected chi connectivity index (χ2v) is 18.4. The Hall–Kier alpha value is -5.36. The molecule has 0 saturated heterocycles. The van der Waals surface area contributed by atoms with Gasteiger partial charge in [0.25, 0.3) is 0 Å². The molecule has 2 aromatic carbocycles. The molecule has 2 unspecified atom stereocenters. The van der Waals surface area contributed by atoms with Crippen molar-refractivity contribution in [1.82, 2.24) is 39.0 Å². The van der Waals surface area contributed by atoms with Crippen LogP contribution in [0.4, 0.5) is 11.6 Å². The first-order valence-electron chi connectivity index (χ1n) is 18.0. The third-order valence-electron chi connectivity index (χ3n) is 8.31. The predicted molar refractivity (Wildman–Crippen MR) is 219 cm³/mol. The highest BCUT2D eigenvalue weighted by Gasteiger charge is 2.19. The Morgan fingerprint density at radius 3 is 1.53 bits per heavy atom. The van der Waals surface area contributed by atoms with Crippen LogP contribution in [-0.4, -0.2) is 105 Å². The number of aromatic amines is 2. The number of benzene rings is 2. The van der Waals surface area contributed by atoms with Gasteiger partial charge in [0.2, 0.25) is 14.7 Å². The number of nitrogens with one attached hydrogen (secondary N) is 2. The van der Waals surface area contributed by atoms with Crippen LogP contribution in [0, 0.1) is 0 Å². The van der Waals surface area contributed by atoms with Gasteiger partial charge in [-0.3, -0.25) is 18.3 Å². The molecule has 22 heteroatoms. The minimum absolute atomic E-state index is 0.0516. The summed E-state index contributed by atoms with van der Waals surface area (Å²) in [5, 5.41) is 0.